The topological polar surface area (TPSA) is 67.5 Å². The third-order valence-electron chi connectivity index (χ3n) is 2.34. The highest BCUT2D eigenvalue weighted by atomic mass is 16.3. The van der Waals surface area contributed by atoms with Crippen LogP contribution in [0.3, 0.4) is 0 Å². The summed E-state index contributed by atoms with van der Waals surface area (Å²) in [5.41, 5.74) is 3.60. The normalized spacial score (nSPS) is 10.8. The largest absolute Gasteiger partial charge is 0.466 e. The maximum Gasteiger partial charge on any atom is 0.274 e. The minimum atomic E-state index is -0.295. The van der Waals surface area contributed by atoms with Crippen LogP contribution in [0.1, 0.15) is 27.6 Å². The van der Waals surface area contributed by atoms with Crippen molar-refractivity contribution in [1.29, 1.82) is 0 Å². The number of hydrogen-bond donors (Lipinski definition) is 1. The SMILES string of the molecule is Cc1cc(C(=O)N/N=C\c2ccccn2)c(C)o1. The fourth-order valence-electron chi connectivity index (χ4n) is 1.53. The van der Waals surface area contributed by atoms with E-state index in [1.54, 1.807) is 32.2 Å². The van der Waals surface area contributed by atoms with E-state index in [1.807, 2.05) is 12.1 Å². The van der Waals surface area contributed by atoms with Crippen molar-refractivity contribution < 1.29 is 9.21 Å². The molecule has 0 spiro atoms. The van der Waals surface area contributed by atoms with Gasteiger partial charge in [-0.15, -0.1) is 0 Å². The van der Waals surface area contributed by atoms with Gasteiger partial charge in [0, 0.05) is 6.20 Å². The molecule has 0 aliphatic carbocycles. The molecule has 0 saturated carbocycles. The average Bonchev–Trinajstić information content (AvgIpc) is 2.70. The van der Waals surface area contributed by atoms with E-state index >= 15 is 0 Å². The minimum absolute atomic E-state index is 0.295. The van der Waals surface area contributed by atoms with E-state index in [0.717, 1.165) is 0 Å². The standard InChI is InChI=1S/C13H13N3O2/c1-9-7-12(10(2)18-9)13(17)16-15-8-11-5-3-4-6-14-11/h3-8H,1-2H3,(H,16,17)/b15-8-. The zero-order valence-corrected chi connectivity index (χ0v) is 10.2. The second kappa shape index (κ2) is 5.27. The lowest BCUT2D eigenvalue weighted by molar-refractivity contribution is 0.0953. The Morgan fingerprint density at radius 2 is 2.28 bits per heavy atom. The van der Waals surface area contributed by atoms with E-state index < -0.39 is 0 Å². The van der Waals surface area contributed by atoms with Gasteiger partial charge in [-0.25, -0.2) is 5.43 Å². The van der Waals surface area contributed by atoms with Crippen molar-refractivity contribution in [3.8, 4) is 0 Å². The highest BCUT2D eigenvalue weighted by molar-refractivity contribution is 5.95. The minimum Gasteiger partial charge on any atom is -0.466 e. The second-order valence-corrected chi connectivity index (χ2v) is 3.78. The fraction of sp³-hybridized carbons (Fsp3) is 0.154. The number of rotatable bonds is 3. The molecule has 0 fully saturated rings. The molecule has 2 heterocycles. The molecule has 0 atom stereocenters. The van der Waals surface area contributed by atoms with E-state index in [2.05, 4.69) is 15.5 Å². The first-order chi connectivity index (χ1) is 8.66. The third kappa shape index (κ3) is 2.82. The molecule has 0 saturated heterocycles. The van der Waals surface area contributed by atoms with Crippen LogP contribution in [0.2, 0.25) is 0 Å². The number of aryl methyl sites for hydroxylation is 2. The molecule has 92 valence electrons. The van der Waals surface area contributed by atoms with Gasteiger partial charge in [0.25, 0.3) is 5.91 Å². The number of aromatic nitrogens is 1. The average molecular weight is 243 g/mol. The molecule has 5 nitrogen and oxygen atoms in total. The molecule has 0 bridgehead atoms. The van der Waals surface area contributed by atoms with Gasteiger partial charge in [0.1, 0.15) is 11.5 Å². The molecule has 1 amide bonds. The van der Waals surface area contributed by atoms with Crippen LogP contribution in [0, 0.1) is 13.8 Å². The molecular weight excluding hydrogens is 230 g/mol. The smallest absolute Gasteiger partial charge is 0.274 e. The van der Waals surface area contributed by atoms with Crippen LogP contribution in [-0.4, -0.2) is 17.1 Å². The van der Waals surface area contributed by atoms with Crippen molar-refractivity contribution in [3.63, 3.8) is 0 Å². The summed E-state index contributed by atoms with van der Waals surface area (Å²) in [5, 5.41) is 3.84. The Hall–Kier alpha value is -2.43. The molecule has 18 heavy (non-hydrogen) atoms. The molecule has 0 unspecified atom stereocenters. The van der Waals surface area contributed by atoms with E-state index in [1.165, 1.54) is 6.21 Å². The highest BCUT2D eigenvalue weighted by Crippen LogP contribution is 2.13. The van der Waals surface area contributed by atoms with Gasteiger partial charge in [0.05, 0.1) is 17.5 Å². The maximum absolute atomic E-state index is 11.8. The van der Waals surface area contributed by atoms with Gasteiger partial charge in [-0.1, -0.05) is 6.07 Å². The number of carbonyl (C=O) groups is 1. The van der Waals surface area contributed by atoms with Crippen LogP contribution in [0.15, 0.2) is 40.0 Å². The van der Waals surface area contributed by atoms with Crippen LogP contribution < -0.4 is 5.43 Å². The van der Waals surface area contributed by atoms with Crippen molar-refractivity contribution in [2.24, 2.45) is 5.10 Å². The molecule has 2 aromatic heterocycles. The van der Waals surface area contributed by atoms with Crippen molar-refractivity contribution in [3.05, 3.63) is 53.2 Å². The highest BCUT2D eigenvalue weighted by Gasteiger charge is 2.12. The Bertz CT molecular complexity index is 573. The summed E-state index contributed by atoms with van der Waals surface area (Å²) in [6.45, 7) is 3.53. The number of pyridine rings is 1. The van der Waals surface area contributed by atoms with Crippen LogP contribution >= 0.6 is 0 Å². The first-order valence-electron chi connectivity index (χ1n) is 5.48. The van der Waals surface area contributed by atoms with Crippen molar-refractivity contribution in [2.45, 2.75) is 13.8 Å². The van der Waals surface area contributed by atoms with E-state index in [-0.39, 0.29) is 5.91 Å². The zero-order valence-electron chi connectivity index (χ0n) is 10.2. The molecule has 0 aliphatic rings. The number of furan rings is 1. The van der Waals surface area contributed by atoms with Gasteiger partial charge in [0.15, 0.2) is 0 Å². The predicted octanol–water partition coefficient (Wildman–Crippen LogP) is 2.06. The van der Waals surface area contributed by atoms with E-state index in [0.29, 0.717) is 22.8 Å². The Labute approximate surface area is 105 Å². The van der Waals surface area contributed by atoms with Gasteiger partial charge in [-0.05, 0) is 32.0 Å². The number of carbonyl (C=O) groups excluding carboxylic acids is 1. The molecule has 5 heteroatoms. The maximum atomic E-state index is 11.8. The summed E-state index contributed by atoms with van der Waals surface area (Å²) in [6.07, 6.45) is 3.15. The monoisotopic (exact) mass is 243 g/mol. The summed E-state index contributed by atoms with van der Waals surface area (Å²) < 4.78 is 5.28. The Balaban J connectivity index is 2.01. The van der Waals surface area contributed by atoms with Gasteiger partial charge >= 0.3 is 0 Å². The Kier molecular flexibility index (Phi) is 3.52. The lowest BCUT2D eigenvalue weighted by Crippen LogP contribution is -2.17. The molecule has 1 N–H and O–H groups in total. The van der Waals surface area contributed by atoms with Crippen molar-refractivity contribution in [1.82, 2.24) is 10.4 Å². The zero-order chi connectivity index (χ0) is 13.0. The molecular formula is C13H13N3O2. The van der Waals surface area contributed by atoms with Crippen LogP contribution in [0.5, 0.6) is 0 Å². The lowest BCUT2D eigenvalue weighted by Gasteiger charge is -1.96. The number of hydrogen-bond acceptors (Lipinski definition) is 4. The quantitative estimate of drug-likeness (QED) is 0.662. The summed E-state index contributed by atoms with van der Waals surface area (Å²) in [6, 6.07) is 7.14. The molecule has 0 radical (unpaired) electrons. The van der Waals surface area contributed by atoms with E-state index in [9.17, 15) is 4.79 Å². The molecule has 0 aliphatic heterocycles. The Morgan fingerprint density at radius 1 is 1.44 bits per heavy atom. The molecule has 0 aromatic carbocycles. The summed E-state index contributed by atoms with van der Waals surface area (Å²) in [4.78, 5) is 15.8. The van der Waals surface area contributed by atoms with Crippen LogP contribution in [0.4, 0.5) is 0 Å². The summed E-state index contributed by atoms with van der Waals surface area (Å²) >= 11 is 0. The Morgan fingerprint density at radius 3 is 2.89 bits per heavy atom. The van der Waals surface area contributed by atoms with Crippen molar-refractivity contribution in [2.75, 3.05) is 0 Å². The van der Waals surface area contributed by atoms with Crippen LogP contribution in [-0.2, 0) is 0 Å². The first kappa shape index (κ1) is 12.0. The number of hydrazone groups is 1. The number of amides is 1. The van der Waals surface area contributed by atoms with Gasteiger partial charge < -0.3 is 4.42 Å². The van der Waals surface area contributed by atoms with Gasteiger partial charge in [0.2, 0.25) is 0 Å². The number of nitrogens with zero attached hydrogens (tertiary/aromatic N) is 2. The summed E-state index contributed by atoms with van der Waals surface area (Å²) in [7, 11) is 0. The molecule has 2 aromatic rings. The predicted molar refractivity (Wildman–Crippen MR) is 67.5 cm³/mol. The molecule has 2 rings (SSSR count). The third-order valence-corrected chi connectivity index (χ3v) is 2.34. The van der Waals surface area contributed by atoms with E-state index in [4.69, 9.17) is 4.42 Å². The second-order valence-electron chi connectivity index (χ2n) is 3.78. The summed E-state index contributed by atoms with van der Waals surface area (Å²) in [5.74, 6) is 0.987. The van der Waals surface area contributed by atoms with Crippen molar-refractivity contribution >= 4 is 12.1 Å². The number of nitrogens with one attached hydrogen (secondary N) is 1. The first-order valence-corrected chi connectivity index (χ1v) is 5.48. The van der Waals surface area contributed by atoms with Gasteiger partial charge in [-0.3, -0.25) is 9.78 Å². The lowest BCUT2D eigenvalue weighted by atomic mass is 10.2. The van der Waals surface area contributed by atoms with Gasteiger partial charge in [-0.2, -0.15) is 5.10 Å². The fourth-order valence-corrected chi connectivity index (χ4v) is 1.53. The van der Waals surface area contributed by atoms with Crippen LogP contribution in [0.25, 0.3) is 0 Å².